The van der Waals surface area contributed by atoms with Gasteiger partial charge < -0.3 is 15.4 Å². The number of nitrogens with one attached hydrogen (secondary N) is 2. The molecule has 8 nitrogen and oxygen atoms in total. The lowest BCUT2D eigenvalue weighted by atomic mass is 10.1. The zero-order valence-electron chi connectivity index (χ0n) is 17.9. The monoisotopic (exact) mass is 437 g/mol. The Hall–Kier alpha value is -4.59. The molecule has 5 rings (SSSR count). The number of carbonyl (C=O) groups is 2. The second-order valence-corrected chi connectivity index (χ2v) is 7.86. The molecule has 1 aromatic heterocycles. The van der Waals surface area contributed by atoms with E-state index in [9.17, 15) is 14.7 Å². The Morgan fingerprint density at radius 1 is 0.970 bits per heavy atom. The van der Waals surface area contributed by atoms with E-state index in [2.05, 4.69) is 25.5 Å². The van der Waals surface area contributed by atoms with E-state index in [4.69, 9.17) is 0 Å². The van der Waals surface area contributed by atoms with Crippen molar-refractivity contribution in [1.82, 2.24) is 4.98 Å². The SMILES string of the molecule is Cc1ccc2c(c1)C(=Nc1ccccc1C(=O)N=Nc1c(O)[nH]c3ccc(C)cc13)C(=O)N2. The summed E-state index contributed by atoms with van der Waals surface area (Å²) in [6.45, 7) is 3.85. The van der Waals surface area contributed by atoms with Crippen molar-refractivity contribution in [2.24, 2.45) is 15.2 Å². The molecule has 0 unspecified atom stereocenters. The van der Waals surface area contributed by atoms with E-state index in [1.54, 1.807) is 24.3 Å². The summed E-state index contributed by atoms with van der Waals surface area (Å²) in [6.07, 6.45) is 0. The summed E-state index contributed by atoms with van der Waals surface area (Å²) >= 11 is 0. The number of aryl methyl sites for hydroxylation is 2. The van der Waals surface area contributed by atoms with Crippen LogP contribution in [0, 0.1) is 13.8 Å². The molecule has 2 heterocycles. The molecule has 1 aliphatic rings. The van der Waals surface area contributed by atoms with E-state index in [-0.39, 0.29) is 28.7 Å². The van der Waals surface area contributed by atoms with Gasteiger partial charge in [0, 0.05) is 10.9 Å². The van der Waals surface area contributed by atoms with Gasteiger partial charge in [-0.2, -0.15) is 0 Å². The van der Waals surface area contributed by atoms with Gasteiger partial charge >= 0.3 is 0 Å². The van der Waals surface area contributed by atoms with Crippen molar-refractivity contribution in [2.75, 3.05) is 5.32 Å². The highest BCUT2D eigenvalue weighted by atomic mass is 16.3. The number of hydrogen-bond acceptors (Lipinski definition) is 5. The lowest BCUT2D eigenvalue weighted by Gasteiger charge is -2.03. The maximum atomic E-state index is 12.9. The molecule has 2 amide bonds. The summed E-state index contributed by atoms with van der Waals surface area (Å²) < 4.78 is 0. The van der Waals surface area contributed by atoms with Crippen LogP contribution in [0.2, 0.25) is 0 Å². The summed E-state index contributed by atoms with van der Waals surface area (Å²) in [7, 11) is 0. The highest BCUT2D eigenvalue weighted by Gasteiger charge is 2.26. The molecule has 0 atom stereocenters. The van der Waals surface area contributed by atoms with Crippen LogP contribution in [0.4, 0.5) is 17.1 Å². The maximum Gasteiger partial charge on any atom is 0.297 e. The minimum atomic E-state index is -0.640. The van der Waals surface area contributed by atoms with E-state index in [1.165, 1.54) is 0 Å². The lowest BCUT2D eigenvalue weighted by molar-refractivity contribution is -0.110. The molecule has 0 spiro atoms. The van der Waals surface area contributed by atoms with Crippen molar-refractivity contribution < 1.29 is 14.7 Å². The van der Waals surface area contributed by atoms with Crippen molar-refractivity contribution in [3.63, 3.8) is 0 Å². The normalized spacial score (nSPS) is 14.2. The summed E-state index contributed by atoms with van der Waals surface area (Å²) in [5.41, 5.74) is 4.94. The number of hydrogen-bond donors (Lipinski definition) is 3. The molecular formula is C25H19N5O3. The minimum Gasteiger partial charge on any atom is -0.493 e. The number of rotatable bonds is 3. The average Bonchev–Trinajstić information content (AvgIpc) is 3.27. The largest absolute Gasteiger partial charge is 0.493 e. The van der Waals surface area contributed by atoms with Gasteiger partial charge in [0.1, 0.15) is 5.71 Å². The molecule has 33 heavy (non-hydrogen) atoms. The third-order valence-corrected chi connectivity index (χ3v) is 5.41. The van der Waals surface area contributed by atoms with Gasteiger partial charge in [-0.05, 0) is 50.2 Å². The van der Waals surface area contributed by atoms with Crippen molar-refractivity contribution in [3.8, 4) is 5.88 Å². The van der Waals surface area contributed by atoms with Crippen LogP contribution in [0.5, 0.6) is 5.88 Å². The minimum absolute atomic E-state index is 0.171. The highest BCUT2D eigenvalue weighted by Crippen LogP contribution is 2.36. The summed E-state index contributed by atoms with van der Waals surface area (Å²) in [4.78, 5) is 32.7. The van der Waals surface area contributed by atoms with Crippen LogP contribution in [0.1, 0.15) is 27.0 Å². The van der Waals surface area contributed by atoms with Crippen LogP contribution in [0.15, 0.2) is 75.9 Å². The third kappa shape index (κ3) is 3.67. The number of H-pyrrole nitrogens is 1. The van der Waals surface area contributed by atoms with Crippen LogP contribution < -0.4 is 5.32 Å². The standard InChI is InChI=1S/C25H19N5O3/c1-13-7-9-19-16(11-13)21(24(32)27-19)26-18-6-4-3-5-15(18)23(31)30-29-22-17-12-14(2)8-10-20(17)28-25(22)33/h3-12,28,33H,1-2H3,(H,26,27,32). The molecular weight excluding hydrogens is 418 g/mol. The average molecular weight is 437 g/mol. The Labute approximate surface area is 188 Å². The molecule has 0 saturated heterocycles. The van der Waals surface area contributed by atoms with Gasteiger partial charge in [-0.15, -0.1) is 10.2 Å². The first-order chi connectivity index (χ1) is 15.9. The molecule has 0 aliphatic carbocycles. The summed E-state index contributed by atoms with van der Waals surface area (Å²) in [5.74, 6) is -1.15. The molecule has 4 aromatic rings. The second-order valence-electron chi connectivity index (χ2n) is 7.86. The number of carbonyl (C=O) groups excluding carboxylic acids is 2. The molecule has 3 N–H and O–H groups in total. The van der Waals surface area contributed by atoms with Gasteiger partial charge in [-0.3, -0.25) is 9.59 Å². The van der Waals surface area contributed by atoms with E-state index >= 15 is 0 Å². The molecule has 0 bridgehead atoms. The molecule has 0 radical (unpaired) electrons. The number of para-hydroxylation sites is 1. The highest BCUT2D eigenvalue weighted by molar-refractivity contribution is 6.54. The Balaban J connectivity index is 1.52. The number of benzene rings is 3. The molecule has 8 heteroatoms. The first kappa shape index (κ1) is 20.3. The molecule has 0 fully saturated rings. The number of azo groups is 1. The number of aliphatic imine (C=N–C) groups is 1. The second kappa shape index (κ2) is 7.83. The third-order valence-electron chi connectivity index (χ3n) is 5.41. The quantitative estimate of drug-likeness (QED) is 0.368. The Morgan fingerprint density at radius 3 is 2.58 bits per heavy atom. The van der Waals surface area contributed by atoms with Crippen LogP contribution >= 0.6 is 0 Å². The van der Waals surface area contributed by atoms with E-state index in [1.807, 2.05) is 50.2 Å². The van der Waals surface area contributed by atoms with Crippen molar-refractivity contribution in [3.05, 3.63) is 82.9 Å². The van der Waals surface area contributed by atoms with Crippen molar-refractivity contribution in [2.45, 2.75) is 13.8 Å². The van der Waals surface area contributed by atoms with Crippen LogP contribution in [0.3, 0.4) is 0 Å². The molecule has 3 aromatic carbocycles. The van der Waals surface area contributed by atoms with Crippen LogP contribution in [-0.2, 0) is 4.79 Å². The fourth-order valence-corrected chi connectivity index (χ4v) is 3.78. The van der Waals surface area contributed by atoms with Crippen LogP contribution in [-0.4, -0.2) is 27.6 Å². The lowest BCUT2D eigenvalue weighted by Crippen LogP contribution is -2.14. The van der Waals surface area contributed by atoms with Gasteiger partial charge in [0.25, 0.3) is 11.8 Å². The number of nitrogens with zero attached hydrogens (tertiary/aromatic N) is 3. The Kier molecular flexibility index (Phi) is 4.82. The number of anilines is 1. The van der Waals surface area contributed by atoms with Gasteiger partial charge in [0.2, 0.25) is 5.88 Å². The first-order valence-electron chi connectivity index (χ1n) is 10.3. The zero-order chi connectivity index (χ0) is 23.1. The van der Waals surface area contributed by atoms with Gasteiger partial charge in [-0.25, -0.2) is 4.99 Å². The molecule has 162 valence electrons. The smallest absolute Gasteiger partial charge is 0.297 e. The molecule has 1 aliphatic heterocycles. The number of fused-ring (bicyclic) bond motifs is 2. The van der Waals surface area contributed by atoms with E-state index < -0.39 is 5.91 Å². The van der Waals surface area contributed by atoms with Gasteiger partial charge in [-0.1, -0.05) is 35.4 Å². The number of aromatic amines is 1. The Morgan fingerprint density at radius 2 is 1.73 bits per heavy atom. The number of amides is 2. The van der Waals surface area contributed by atoms with E-state index in [0.717, 1.165) is 11.1 Å². The predicted molar refractivity (Wildman–Crippen MR) is 126 cm³/mol. The fraction of sp³-hybridized carbons (Fsp3) is 0.0800. The molecule has 0 saturated carbocycles. The summed E-state index contributed by atoms with van der Waals surface area (Å²) in [6, 6.07) is 17.8. The van der Waals surface area contributed by atoms with Gasteiger partial charge in [0.05, 0.1) is 22.5 Å². The van der Waals surface area contributed by atoms with Gasteiger partial charge in [0.15, 0.2) is 5.69 Å². The zero-order valence-corrected chi connectivity index (χ0v) is 17.9. The van der Waals surface area contributed by atoms with Crippen molar-refractivity contribution in [1.29, 1.82) is 0 Å². The Bertz CT molecular complexity index is 1510. The fourth-order valence-electron chi connectivity index (χ4n) is 3.78. The van der Waals surface area contributed by atoms with Crippen LogP contribution in [0.25, 0.3) is 10.9 Å². The number of aromatic nitrogens is 1. The first-order valence-corrected chi connectivity index (χ1v) is 10.3. The topological polar surface area (TPSA) is 119 Å². The predicted octanol–water partition coefficient (Wildman–Crippen LogP) is 5.49. The van der Waals surface area contributed by atoms with E-state index in [0.29, 0.717) is 27.8 Å². The summed E-state index contributed by atoms with van der Waals surface area (Å²) in [5, 5.41) is 21.5. The van der Waals surface area contributed by atoms with Crippen molar-refractivity contribution >= 4 is 45.5 Å². The maximum absolute atomic E-state index is 12.9. The number of aromatic hydroxyl groups is 1.